The lowest BCUT2D eigenvalue weighted by molar-refractivity contribution is 0.0889. The second-order valence-corrected chi connectivity index (χ2v) is 10.4. The minimum atomic E-state index is -2.00. The molecule has 3 aromatic heterocycles. The first kappa shape index (κ1) is 24.5. The van der Waals surface area contributed by atoms with Gasteiger partial charge in [-0.2, -0.15) is 10.2 Å². The zero-order valence-electron chi connectivity index (χ0n) is 20.1. The van der Waals surface area contributed by atoms with Gasteiger partial charge in [0.05, 0.1) is 5.69 Å². The Morgan fingerprint density at radius 1 is 1.32 bits per heavy atom. The van der Waals surface area contributed by atoms with Crippen molar-refractivity contribution < 1.29 is 13.6 Å². The summed E-state index contributed by atoms with van der Waals surface area (Å²) < 4.78 is 23.4. The lowest BCUT2D eigenvalue weighted by atomic mass is 9.96. The van der Waals surface area contributed by atoms with E-state index in [1.807, 2.05) is 19.2 Å². The Bertz CT molecular complexity index is 1180. The minimum Gasteiger partial charge on any atom is -0.772 e. The van der Waals surface area contributed by atoms with Crippen LogP contribution in [0.25, 0.3) is 16.9 Å². The van der Waals surface area contributed by atoms with E-state index in [4.69, 9.17) is 0 Å². The molecule has 4 rings (SSSR count). The molecule has 10 nitrogen and oxygen atoms in total. The molecule has 34 heavy (non-hydrogen) atoms. The van der Waals surface area contributed by atoms with E-state index in [1.165, 1.54) is 6.33 Å². The Labute approximate surface area is 201 Å². The summed E-state index contributed by atoms with van der Waals surface area (Å²) in [5.74, 6) is 0.131. The average molecular weight is 487 g/mol. The van der Waals surface area contributed by atoms with Gasteiger partial charge in [-0.15, -0.1) is 0 Å². The molecule has 1 saturated heterocycles. The molecule has 0 radical (unpaired) electrons. The van der Waals surface area contributed by atoms with Gasteiger partial charge >= 0.3 is 0 Å². The lowest BCUT2D eigenvalue weighted by Crippen LogP contribution is -2.47. The van der Waals surface area contributed by atoms with E-state index in [0.717, 1.165) is 54.0 Å². The first-order chi connectivity index (χ1) is 16.2. The number of amides is 1. The largest absolute Gasteiger partial charge is 0.772 e. The van der Waals surface area contributed by atoms with Crippen LogP contribution in [0.4, 0.5) is 0 Å². The Balaban J connectivity index is 1.46. The van der Waals surface area contributed by atoms with E-state index in [9.17, 15) is 13.6 Å². The maximum Gasteiger partial charge on any atom is 0.269 e. The van der Waals surface area contributed by atoms with Gasteiger partial charge in [0.1, 0.15) is 12.0 Å². The highest BCUT2D eigenvalue weighted by atomic mass is 32.2. The van der Waals surface area contributed by atoms with Gasteiger partial charge in [0.25, 0.3) is 5.91 Å². The van der Waals surface area contributed by atoms with Crippen LogP contribution in [0.1, 0.15) is 67.6 Å². The molecule has 2 N–H and O–H groups in total. The lowest BCUT2D eigenvalue weighted by Gasteiger charge is -2.36. The van der Waals surface area contributed by atoms with Gasteiger partial charge < -0.3 is 14.8 Å². The number of fused-ring (bicyclic) bond motifs is 1. The van der Waals surface area contributed by atoms with Gasteiger partial charge in [0.15, 0.2) is 5.65 Å². The highest BCUT2D eigenvalue weighted by Crippen LogP contribution is 2.31. The topological polar surface area (TPSA) is 131 Å². The minimum absolute atomic E-state index is 0.0742. The van der Waals surface area contributed by atoms with Crippen LogP contribution in [0, 0.1) is 6.92 Å². The van der Waals surface area contributed by atoms with Crippen molar-refractivity contribution in [1.82, 2.24) is 35.0 Å². The highest BCUT2D eigenvalue weighted by molar-refractivity contribution is 7.79. The van der Waals surface area contributed by atoms with Gasteiger partial charge in [0, 0.05) is 48.2 Å². The summed E-state index contributed by atoms with van der Waals surface area (Å²) in [4.78, 5) is 19.8. The number of carbonyl (C=O) groups excluding carboxylic acids is 1. The molecule has 0 aliphatic carbocycles. The van der Waals surface area contributed by atoms with Crippen molar-refractivity contribution in [2.75, 3.05) is 18.8 Å². The van der Waals surface area contributed by atoms with Crippen LogP contribution in [0.3, 0.4) is 0 Å². The second-order valence-electron chi connectivity index (χ2n) is 9.38. The molecule has 2 unspecified atom stereocenters. The second kappa shape index (κ2) is 10.3. The van der Waals surface area contributed by atoms with E-state index in [2.05, 4.69) is 51.3 Å². The number of aromatic amines is 1. The van der Waals surface area contributed by atoms with E-state index < -0.39 is 11.1 Å². The predicted molar refractivity (Wildman–Crippen MR) is 129 cm³/mol. The van der Waals surface area contributed by atoms with Crippen molar-refractivity contribution in [3.8, 4) is 11.3 Å². The molecule has 4 heterocycles. The van der Waals surface area contributed by atoms with Crippen molar-refractivity contribution in [3.05, 3.63) is 35.4 Å². The molecule has 0 saturated carbocycles. The van der Waals surface area contributed by atoms with E-state index in [1.54, 1.807) is 4.52 Å². The maximum absolute atomic E-state index is 13.2. The first-order valence-electron chi connectivity index (χ1n) is 11.7. The van der Waals surface area contributed by atoms with Crippen molar-refractivity contribution in [1.29, 1.82) is 0 Å². The molecular formula is C23H32N7O3S-. The van der Waals surface area contributed by atoms with Crippen LogP contribution in [0.5, 0.6) is 0 Å². The highest BCUT2D eigenvalue weighted by Gasteiger charge is 2.27. The van der Waals surface area contributed by atoms with Crippen LogP contribution in [-0.4, -0.2) is 75.3 Å². The molecular weight excluding hydrogens is 454 g/mol. The number of nitrogens with one attached hydrogen (secondary N) is 2. The molecule has 1 aliphatic heterocycles. The third-order valence-electron chi connectivity index (χ3n) is 6.63. The fourth-order valence-electron chi connectivity index (χ4n) is 4.72. The number of H-pyrrole nitrogens is 1. The van der Waals surface area contributed by atoms with Gasteiger partial charge in [-0.25, -0.2) is 9.50 Å². The summed E-state index contributed by atoms with van der Waals surface area (Å²) in [6.07, 6.45) is 5.70. The smallest absolute Gasteiger partial charge is 0.269 e. The molecule has 184 valence electrons. The number of aryl methyl sites for hydroxylation is 1. The van der Waals surface area contributed by atoms with Gasteiger partial charge in [0.2, 0.25) is 0 Å². The number of pyridine rings is 1. The summed E-state index contributed by atoms with van der Waals surface area (Å²) in [6.45, 7) is 9.82. The number of hydrogen-bond acceptors (Lipinski definition) is 7. The number of likely N-dealkylation sites (tertiary alicyclic amines) is 1. The molecule has 3 aromatic rings. The number of carbonyl (C=O) groups is 1. The number of rotatable bonds is 8. The summed E-state index contributed by atoms with van der Waals surface area (Å²) in [5.41, 5.74) is 4.80. The molecule has 1 aliphatic rings. The van der Waals surface area contributed by atoms with Crippen molar-refractivity contribution in [3.63, 3.8) is 0 Å². The number of aromatic nitrogens is 5. The standard InChI is InChI=1S/C23H33N7O3S/c1-14(2)19-20(17-11-15(3)22-24-13-25-30(22)12-17)27-28-21(19)23(31)26-18-5-8-29(9-6-18)16(4)7-10-34(32)33/h11-14,16,18H,5-10H2,1-4H3,(H,26,31)(H,27,28)(H,32,33)/p-1. The summed E-state index contributed by atoms with van der Waals surface area (Å²) in [7, 11) is 0. The molecule has 0 aromatic carbocycles. The van der Waals surface area contributed by atoms with Crippen LogP contribution in [0.2, 0.25) is 0 Å². The van der Waals surface area contributed by atoms with Gasteiger partial charge in [-0.3, -0.25) is 14.1 Å². The van der Waals surface area contributed by atoms with Crippen LogP contribution < -0.4 is 5.32 Å². The van der Waals surface area contributed by atoms with Crippen LogP contribution in [0.15, 0.2) is 18.6 Å². The fraction of sp³-hybridized carbons (Fsp3) is 0.565. The average Bonchev–Trinajstić information content (AvgIpc) is 3.45. The Kier molecular flexibility index (Phi) is 7.44. The first-order valence-corrected chi connectivity index (χ1v) is 13.0. The predicted octanol–water partition coefficient (Wildman–Crippen LogP) is 2.40. The van der Waals surface area contributed by atoms with Crippen molar-refractivity contribution >= 4 is 22.6 Å². The number of hydrogen-bond donors (Lipinski definition) is 2. The third-order valence-corrected chi connectivity index (χ3v) is 7.20. The van der Waals surface area contributed by atoms with E-state index in [-0.39, 0.29) is 29.7 Å². The third kappa shape index (κ3) is 5.21. The van der Waals surface area contributed by atoms with Gasteiger partial charge in [-0.1, -0.05) is 24.9 Å². The summed E-state index contributed by atoms with van der Waals surface area (Å²) in [5, 5.41) is 14.9. The maximum atomic E-state index is 13.2. The molecule has 1 amide bonds. The Hall–Kier alpha value is -2.63. The Morgan fingerprint density at radius 2 is 2.06 bits per heavy atom. The fourth-order valence-corrected chi connectivity index (χ4v) is 5.25. The van der Waals surface area contributed by atoms with E-state index >= 15 is 0 Å². The zero-order chi connectivity index (χ0) is 24.4. The normalized spacial score (nSPS) is 17.4. The molecule has 0 spiro atoms. The van der Waals surface area contributed by atoms with Crippen LogP contribution >= 0.6 is 0 Å². The summed E-state index contributed by atoms with van der Waals surface area (Å²) >= 11 is -2.00. The van der Waals surface area contributed by atoms with Crippen LogP contribution in [-0.2, 0) is 11.1 Å². The molecule has 11 heteroatoms. The van der Waals surface area contributed by atoms with E-state index in [0.29, 0.717) is 12.1 Å². The molecule has 2 atom stereocenters. The number of piperidine rings is 1. The molecule has 0 bridgehead atoms. The van der Waals surface area contributed by atoms with Gasteiger partial charge in [-0.05, 0) is 50.7 Å². The zero-order valence-corrected chi connectivity index (χ0v) is 20.9. The number of nitrogens with zero attached hydrogens (tertiary/aromatic N) is 5. The monoisotopic (exact) mass is 486 g/mol. The quantitative estimate of drug-likeness (QED) is 0.467. The van der Waals surface area contributed by atoms with Crippen molar-refractivity contribution in [2.24, 2.45) is 0 Å². The summed E-state index contributed by atoms with van der Waals surface area (Å²) in [6, 6.07) is 2.31. The molecule has 1 fully saturated rings. The van der Waals surface area contributed by atoms with Crippen molar-refractivity contribution in [2.45, 2.75) is 65.0 Å². The SMILES string of the molecule is Cc1cc(-c2n[nH]c(C(=O)NC3CCN(C(C)CCS(=O)[O-])CC3)c2C(C)C)cn2ncnc12. The Morgan fingerprint density at radius 3 is 2.74 bits per heavy atom.